The molecule has 0 bridgehead atoms. The van der Waals surface area contributed by atoms with Crippen molar-refractivity contribution in [2.45, 2.75) is 19.0 Å². The second kappa shape index (κ2) is 6.90. The molecular formula is C16H21N3O4S. The lowest BCUT2D eigenvalue weighted by Crippen LogP contribution is -2.69. The van der Waals surface area contributed by atoms with Gasteiger partial charge in [0.1, 0.15) is 12.1 Å². The number of rotatable bonds is 4. The van der Waals surface area contributed by atoms with Crippen molar-refractivity contribution in [1.82, 2.24) is 14.7 Å². The van der Waals surface area contributed by atoms with E-state index in [1.165, 1.54) is 16.2 Å². The monoisotopic (exact) mass is 351 g/mol. The Hall–Kier alpha value is -1.93. The zero-order valence-electron chi connectivity index (χ0n) is 13.8. The van der Waals surface area contributed by atoms with Crippen LogP contribution in [-0.2, 0) is 14.3 Å². The van der Waals surface area contributed by atoms with Gasteiger partial charge in [-0.3, -0.25) is 14.4 Å². The first-order valence-corrected chi connectivity index (χ1v) is 8.90. The van der Waals surface area contributed by atoms with Gasteiger partial charge in [0.2, 0.25) is 11.8 Å². The van der Waals surface area contributed by atoms with Crippen molar-refractivity contribution in [2.75, 3.05) is 39.9 Å². The predicted molar refractivity (Wildman–Crippen MR) is 88.8 cm³/mol. The van der Waals surface area contributed by atoms with Gasteiger partial charge >= 0.3 is 0 Å². The van der Waals surface area contributed by atoms with E-state index >= 15 is 0 Å². The average molecular weight is 351 g/mol. The van der Waals surface area contributed by atoms with Gasteiger partial charge in [-0.1, -0.05) is 0 Å². The maximum atomic E-state index is 12.7. The molecule has 7 nitrogen and oxygen atoms in total. The van der Waals surface area contributed by atoms with Gasteiger partial charge in [-0.05, 0) is 18.4 Å². The minimum Gasteiger partial charge on any atom is -0.383 e. The van der Waals surface area contributed by atoms with Crippen molar-refractivity contribution in [3.63, 3.8) is 0 Å². The Balaban J connectivity index is 1.79. The molecule has 1 aromatic heterocycles. The number of nitrogens with zero attached hydrogens (tertiary/aromatic N) is 3. The van der Waals surface area contributed by atoms with Gasteiger partial charge in [0.15, 0.2) is 0 Å². The molecular weight excluding hydrogens is 330 g/mol. The average Bonchev–Trinajstić information content (AvgIpc) is 3.11. The van der Waals surface area contributed by atoms with Gasteiger partial charge in [-0.2, -0.15) is 11.3 Å². The predicted octanol–water partition coefficient (Wildman–Crippen LogP) is 0.278. The molecule has 0 aliphatic carbocycles. The van der Waals surface area contributed by atoms with E-state index < -0.39 is 12.1 Å². The van der Waals surface area contributed by atoms with Crippen LogP contribution < -0.4 is 0 Å². The lowest BCUT2D eigenvalue weighted by molar-refractivity contribution is -0.160. The van der Waals surface area contributed by atoms with Crippen LogP contribution in [-0.4, -0.2) is 84.4 Å². The Labute approximate surface area is 144 Å². The topological polar surface area (TPSA) is 70.2 Å². The maximum absolute atomic E-state index is 12.7. The second-order valence-corrected chi connectivity index (χ2v) is 6.79. The van der Waals surface area contributed by atoms with E-state index in [0.717, 1.165) is 0 Å². The van der Waals surface area contributed by atoms with Crippen LogP contribution in [0.4, 0.5) is 0 Å². The summed E-state index contributed by atoms with van der Waals surface area (Å²) in [4.78, 5) is 42.9. The molecule has 0 unspecified atom stereocenters. The third kappa shape index (κ3) is 2.91. The number of carbonyl (C=O) groups excluding carboxylic acids is 3. The maximum Gasteiger partial charge on any atom is 0.255 e. The molecule has 3 rings (SSSR count). The number of amides is 3. The van der Waals surface area contributed by atoms with Crippen molar-refractivity contribution in [3.05, 3.63) is 22.4 Å². The molecule has 0 radical (unpaired) electrons. The van der Waals surface area contributed by atoms with Gasteiger partial charge in [0.25, 0.3) is 5.91 Å². The quantitative estimate of drug-likeness (QED) is 0.781. The van der Waals surface area contributed by atoms with Crippen LogP contribution in [0.3, 0.4) is 0 Å². The fourth-order valence-electron chi connectivity index (χ4n) is 3.23. The van der Waals surface area contributed by atoms with Crippen LogP contribution in [0.15, 0.2) is 16.8 Å². The molecule has 2 aliphatic rings. The molecule has 8 heteroatoms. The Morgan fingerprint density at radius 2 is 2.12 bits per heavy atom. The van der Waals surface area contributed by atoms with E-state index in [1.54, 1.807) is 35.3 Å². The summed E-state index contributed by atoms with van der Waals surface area (Å²) in [6.07, 6.45) is 0. The molecule has 0 saturated carbocycles. The van der Waals surface area contributed by atoms with Crippen LogP contribution in [0, 0.1) is 0 Å². The number of hydrogen-bond donors (Lipinski definition) is 0. The summed E-state index contributed by atoms with van der Waals surface area (Å²) >= 11 is 1.43. The third-order valence-electron chi connectivity index (χ3n) is 4.66. The van der Waals surface area contributed by atoms with Crippen LogP contribution in [0.25, 0.3) is 0 Å². The van der Waals surface area contributed by atoms with Gasteiger partial charge in [0, 0.05) is 32.1 Å². The third-order valence-corrected chi connectivity index (χ3v) is 5.34. The summed E-state index contributed by atoms with van der Waals surface area (Å²) in [6.45, 7) is 3.94. The fraction of sp³-hybridized carbons (Fsp3) is 0.562. The molecule has 2 atom stereocenters. The Morgan fingerprint density at radius 1 is 1.33 bits per heavy atom. The number of methoxy groups -OCH3 is 1. The van der Waals surface area contributed by atoms with Gasteiger partial charge in [0.05, 0.1) is 18.7 Å². The summed E-state index contributed by atoms with van der Waals surface area (Å²) in [5.74, 6) is -0.463. The van der Waals surface area contributed by atoms with Crippen molar-refractivity contribution < 1.29 is 19.1 Å². The van der Waals surface area contributed by atoms with Crippen LogP contribution in [0.5, 0.6) is 0 Å². The molecule has 0 N–H and O–H groups in total. The summed E-state index contributed by atoms with van der Waals surface area (Å²) in [5.41, 5.74) is 0.563. The summed E-state index contributed by atoms with van der Waals surface area (Å²) in [5, 5.41) is 3.59. The van der Waals surface area contributed by atoms with Crippen molar-refractivity contribution in [1.29, 1.82) is 0 Å². The van der Waals surface area contributed by atoms with E-state index in [0.29, 0.717) is 31.8 Å². The number of hydrogen-bond acceptors (Lipinski definition) is 5. The van der Waals surface area contributed by atoms with E-state index in [4.69, 9.17) is 4.74 Å². The molecule has 24 heavy (non-hydrogen) atoms. The summed E-state index contributed by atoms with van der Waals surface area (Å²) in [7, 11) is 1.59. The largest absolute Gasteiger partial charge is 0.383 e. The zero-order valence-corrected chi connectivity index (χ0v) is 14.6. The molecule has 1 aromatic rings. The van der Waals surface area contributed by atoms with Crippen molar-refractivity contribution in [2.24, 2.45) is 0 Å². The first-order valence-electron chi connectivity index (χ1n) is 7.96. The summed E-state index contributed by atoms with van der Waals surface area (Å²) < 4.78 is 5.04. The van der Waals surface area contributed by atoms with Crippen molar-refractivity contribution >= 4 is 29.1 Å². The second-order valence-electron chi connectivity index (χ2n) is 6.01. The normalized spacial score (nSPS) is 24.3. The van der Waals surface area contributed by atoms with Crippen molar-refractivity contribution in [3.8, 4) is 0 Å². The van der Waals surface area contributed by atoms with Crippen LogP contribution in [0.2, 0.25) is 0 Å². The molecule has 2 aliphatic heterocycles. The number of fused-ring (bicyclic) bond motifs is 1. The molecule has 2 fully saturated rings. The first-order chi connectivity index (χ1) is 11.5. The number of piperazine rings is 2. The molecule has 3 amide bonds. The van der Waals surface area contributed by atoms with E-state index in [2.05, 4.69) is 0 Å². The highest BCUT2D eigenvalue weighted by atomic mass is 32.1. The standard InChI is InChI=1S/C16H21N3O4S/c1-11-14(20)18-5-4-17(6-7-23-2)16(22)13(18)9-19(11)15(21)12-3-8-24-10-12/h3,8,10-11,13H,4-7,9H2,1-2H3/t11-,13-/m0/s1. The van der Waals surface area contributed by atoms with E-state index in [9.17, 15) is 14.4 Å². The molecule has 0 spiro atoms. The highest BCUT2D eigenvalue weighted by Crippen LogP contribution is 2.24. The van der Waals surface area contributed by atoms with Crippen LogP contribution >= 0.6 is 11.3 Å². The van der Waals surface area contributed by atoms with Gasteiger partial charge in [-0.25, -0.2) is 0 Å². The molecule has 130 valence electrons. The Kier molecular flexibility index (Phi) is 4.86. The molecule has 3 heterocycles. The van der Waals surface area contributed by atoms with E-state index in [1.807, 2.05) is 5.38 Å². The smallest absolute Gasteiger partial charge is 0.255 e. The first kappa shape index (κ1) is 16.9. The minimum absolute atomic E-state index is 0.110. The Bertz CT molecular complexity index is 633. The SMILES string of the molecule is COCCN1CCN2C(=O)[C@H](C)N(C(=O)c3ccsc3)C[C@H]2C1=O. The molecule has 0 aromatic carbocycles. The fourth-order valence-corrected chi connectivity index (χ4v) is 3.86. The van der Waals surface area contributed by atoms with Crippen LogP contribution in [0.1, 0.15) is 17.3 Å². The number of carbonyl (C=O) groups is 3. The highest BCUT2D eigenvalue weighted by Gasteiger charge is 2.46. The van der Waals surface area contributed by atoms with Gasteiger partial charge < -0.3 is 19.4 Å². The zero-order chi connectivity index (χ0) is 17.3. The highest BCUT2D eigenvalue weighted by molar-refractivity contribution is 7.08. The number of ether oxygens (including phenoxy) is 1. The number of thiophene rings is 1. The van der Waals surface area contributed by atoms with E-state index in [-0.39, 0.29) is 24.3 Å². The Morgan fingerprint density at radius 3 is 2.79 bits per heavy atom. The van der Waals surface area contributed by atoms with Gasteiger partial charge in [-0.15, -0.1) is 0 Å². The lowest BCUT2D eigenvalue weighted by Gasteiger charge is -2.48. The minimum atomic E-state index is -0.595. The summed E-state index contributed by atoms with van der Waals surface area (Å²) in [6, 6.07) is 0.596. The lowest BCUT2D eigenvalue weighted by atomic mass is 10.0. The molecule has 2 saturated heterocycles.